The number of carbonyl (C=O) groups is 4. The highest BCUT2D eigenvalue weighted by atomic mass is 32.2. The van der Waals surface area contributed by atoms with Gasteiger partial charge in [0.1, 0.15) is 12.1 Å². The molecule has 0 radical (unpaired) electrons. The molecule has 3 atom stereocenters. The van der Waals surface area contributed by atoms with Crippen LogP contribution in [0.2, 0.25) is 0 Å². The lowest BCUT2D eigenvalue weighted by atomic mass is 10.1. The van der Waals surface area contributed by atoms with Crippen LogP contribution < -0.4 is 5.32 Å². The van der Waals surface area contributed by atoms with E-state index in [4.69, 9.17) is 0 Å². The predicted octanol–water partition coefficient (Wildman–Crippen LogP) is 1.55. The van der Waals surface area contributed by atoms with Gasteiger partial charge in [0.05, 0.1) is 23.7 Å². The molecule has 1 aromatic carbocycles. The van der Waals surface area contributed by atoms with Crippen LogP contribution in [0.4, 0.5) is 0 Å². The number of nitrogens with one attached hydrogen (secondary N) is 1. The first-order chi connectivity index (χ1) is 18.7. The summed E-state index contributed by atoms with van der Waals surface area (Å²) in [5.74, 6) is -1.35. The first-order valence-corrected chi connectivity index (χ1v) is 14.1. The van der Waals surface area contributed by atoms with Gasteiger partial charge in [-0.25, -0.2) is 8.42 Å². The normalized spacial score (nSPS) is 20.1. The molecule has 4 heterocycles. The number of fused-ring (bicyclic) bond motifs is 2. The third kappa shape index (κ3) is 4.92. The van der Waals surface area contributed by atoms with Crippen molar-refractivity contribution < 1.29 is 27.6 Å². The van der Waals surface area contributed by atoms with E-state index >= 15 is 0 Å². The van der Waals surface area contributed by atoms with Crippen LogP contribution in [0.15, 0.2) is 61.1 Å². The number of likely N-dealkylation sites (tertiary alicyclic amines) is 1. The third-order valence-electron chi connectivity index (χ3n) is 7.15. The molecule has 2 saturated heterocycles. The zero-order chi connectivity index (χ0) is 27.7. The molecule has 0 spiro atoms. The van der Waals surface area contributed by atoms with E-state index in [2.05, 4.69) is 15.3 Å². The number of pyridine rings is 2. The summed E-state index contributed by atoms with van der Waals surface area (Å²) < 4.78 is 27.2. The van der Waals surface area contributed by atoms with Gasteiger partial charge in [-0.3, -0.25) is 29.1 Å². The molecular formula is C27H27N5O6S. The molecule has 2 aliphatic rings. The molecule has 2 fully saturated rings. The summed E-state index contributed by atoms with van der Waals surface area (Å²) >= 11 is 0. The van der Waals surface area contributed by atoms with Gasteiger partial charge in [0.25, 0.3) is 21.0 Å². The van der Waals surface area contributed by atoms with Crippen molar-refractivity contribution in [3.8, 4) is 0 Å². The summed E-state index contributed by atoms with van der Waals surface area (Å²) in [4.78, 5) is 61.9. The summed E-state index contributed by atoms with van der Waals surface area (Å²) in [5, 5.41) is 2.44. The molecule has 2 aliphatic heterocycles. The lowest BCUT2D eigenvalue weighted by Crippen LogP contribution is -2.52. The summed E-state index contributed by atoms with van der Waals surface area (Å²) in [6.45, 7) is 1.51. The van der Waals surface area contributed by atoms with Gasteiger partial charge in [-0.1, -0.05) is 19.4 Å². The minimum Gasteiger partial charge on any atom is -0.340 e. The van der Waals surface area contributed by atoms with E-state index in [1.54, 1.807) is 30.5 Å². The zero-order valence-corrected chi connectivity index (χ0v) is 22.0. The molecule has 12 heteroatoms. The third-order valence-corrected chi connectivity index (χ3v) is 8.87. The van der Waals surface area contributed by atoms with Gasteiger partial charge in [-0.15, -0.1) is 0 Å². The van der Waals surface area contributed by atoms with E-state index in [1.807, 2.05) is 13.0 Å². The van der Waals surface area contributed by atoms with Crippen LogP contribution in [0.1, 0.15) is 46.9 Å². The fraction of sp³-hybridized carbons (Fsp3) is 0.333. The van der Waals surface area contributed by atoms with Gasteiger partial charge in [0.2, 0.25) is 5.91 Å². The van der Waals surface area contributed by atoms with Crippen molar-refractivity contribution in [1.82, 2.24) is 24.5 Å². The van der Waals surface area contributed by atoms with Crippen LogP contribution in [0.25, 0.3) is 10.9 Å². The minimum absolute atomic E-state index is 0.102. The Hall–Kier alpha value is -4.03. The van der Waals surface area contributed by atoms with Gasteiger partial charge in [-0.05, 0) is 49.2 Å². The molecule has 0 saturated carbocycles. The molecular weight excluding hydrogens is 522 g/mol. The van der Waals surface area contributed by atoms with E-state index in [1.165, 1.54) is 23.2 Å². The molecule has 3 aromatic rings. The standard InChI is InChI=1S/C27H27N5O6S/c1-2-5-21(30-25(34)18-8-9-20-17(14-18)6-4-12-29-20)26(35)31-13-10-22-24(31)23(33)16-32(22)39(37,38)27(36)19-7-3-11-28-15-19/h3-4,6-9,11-12,14-15,21-22,24H,2,5,10,13,16H2,1H3,(H,30,34). The summed E-state index contributed by atoms with van der Waals surface area (Å²) in [6, 6.07) is 8.68. The van der Waals surface area contributed by atoms with Crippen molar-refractivity contribution in [2.45, 2.75) is 44.3 Å². The molecule has 202 valence electrons. The highest BCUT2D eigenvalue weighted by Crippen LogP contribution is 2.33. The van der Waals surface area contributed by atoms with Gasteiger partial charge in [0, 0.05) is 36.1 Å². The minimum atomic E-state index is -4.51. The number of nitrogens with zero attached hydrogens (tertiary/aromatic N) is 4. The molecule has 2 aromatic heterocycles. The second kappa shape index (κ2) is 10.6. The quantitative estimate of drug-likeness (QED) is 0.467. The van der Waals surface area contributed by atoms with Crippen molar-refractivity contribution in [2.24, 2.45) is 0 Å². The number of amides is 2. The summed E-state index contributed by atoms with van der Waals surface area (Å²) in [6.07, 6.45) is 5.36. The number of hydrogen-bond donors (Lipinski definition) is 1. The lowest BCUT2D eigenvalue weighted by molar-refractivity contribution is -0.138. The van der Waals surface area contributed by atoms with Gasteiger partial charge >= 0.3 is 0 Å². The van der Waals surface area contributed by atoms with E-state index in [9.17, 15) is 27.6 Å². The molecule has 0 bridgehead atoms. The SMILES string of the molecule is CCCC(NC(=O)c1ccc2ncccc2c1)C(=O)N1CCC2C1C(=O)CN2S(=O)(=O)C(=O)c1cccnc1. The highest BCUT2D eigenvalue weighted by molar-refractivity contribution is 8.04. The number of sulfonamides is 1. The Balaban J connectivity index is 1.34. The summed E-state index contributed by atoms with van der Waals surface area (Å²) in [5.41, 5.74) is 1.00. The topological polar surface area (TPSA) is 147 Å². The largest absolute Gasteiger partial charge is 0.340 e. The molecule has 5 rings (SSSR count). The second-order valence-electron chi connectivity index (χ2n) is 9.60. The maximum atomic E-state index is 13.6. The van der Waals surface area contributed by atoms with Crippen LogP contribution in [-0.4, -0.2) is 81.5 Å². The average molecular weight is 550 g/mol. The van der Waals surface area contributed by atoms with Gasteiger partial charge in [-0.2, -0.15) is 4.31 Å². The Kier molecular flexibility index (Phi) is 7.23. The van der Waals surface area contributed by atoms with Crippen molar-refractivity contribution in [3.05, 3.63) is 72.2 Å². The Morgan fingerprint density at radius 2 is 1.90 bits per heavy atom. The van der Waals surface area contributed by atoms with Gasteiger partial charge < -0.3 is 10.2 Å². The van der Waals surface area contributed by atoms with Crippen molar-refractivity contribution >= 4 is 43.6 Å². The Labute approximate surface area is 225 Å². The Morgan fingerprint density at radius 1 is 1.10 bits per heavy atom. The Morgan fingerprint density at radius 3 is 2.64 bits per heavy atom. The smallest absolute Gasteiger partial charge is 0.293 e. The van der Waals surface area contributed by atoms with Crippen molar-refractivity contribution in [1.29, 1.82) is 0 Å². The van der Waals surface area contributed by atoms with E-state index in [0.29, 0.717) is 18.4 Å². The Bertz CT molecular complexity index is 1560. The highest BCUT2D eigenvalue weighted by Gasteiger charge is 2.55. The number of carbonyl (C=O) groups excluding carboxylic acids is 4. The second-order valence-corrected chi connectivity index (χ2v) is 11.4. The molecule has 0 aliphatic carbocycles. The number of Topliss-reactive ketones (excluding diaryl/α,β-unsaturated/α-hetero) is 1. The van der Waals surface area contributed by atoms with Crippen molar-refractivity contribution in [2.75, 3.05) is 13.1 Å². The van der Waals surface area contributed by atoms with E-state index in [0.717, 1.165) is 21.4 Å². The van der Waals surface area contributed by atoms with E-state index in [-0.39, 0.29) is 18.5 Å². The fourth-order valence-corrected chi connectivity index (χ4v) is 6.79. The first-order valence-electron chi connectivity index (χ1n) is 12.7. The predicted molar refractivity (Wildman–Crippen MR) is 141 cm³/mol. The molecule has 39 heavy (non-hydrogen) atoms. The zero-order valence-electron chi connectivity index (χ0n) is 21.2. The average Bonchev–Trinajstić information content (AvgIpc) is 3.53. The first kappa shape index (κ1) is 26.6. The number of ketones is 1. The molecule has 2 amide bonds. The summed E-state index contributed by atoms with van der Waals surface area (Å²) in [7, 11) is -4.51. The maximum absolute atomic E-state index is 13.6. The van der Waals surface area contributed by atoms with Crippen molar-refractivity contribution in [3.63, 3.8) is 0 Å². The van der Waals surface area contributed by atoms with Crippen LogP contribution in [-0.2, 0) is 19.6 Å². The maximum Gasteiger partial charge on any atom is 0.293 e. The monoisotopic (exact) mass is 549 g/mol. The lowest BCUT2D eigenvalue weighted by Gasteiger charge is -2.28. The molecule has 1 N–H and O–H groups in total. The number of aromatic nitrogens is 2. The molecule has 3 unspecified atom stereocenters. The van der Waals surface area contributed by atoms with Crippen LogP contribution >= 0.6 is 0 Å². The van der Waals surface area contributed by atoms with Gasteiger partial charge in [0.15, 0.2) is 5.78 Å². The fourth-order valence-electron chi connectivity index (χ4n) is 5.28. The van der Waals surface area contributed by atoms with Crippen LogP contribution in [0.5, 0.6) is 0 Å². The van der Waals surface area contributed by atoms with E-state index < -0.39 is 57.4 Å². The number of rotatable bonds is 7. The molecule has 11 nitrogen and oxygen atoms in total. The van der Waals surface area contributed by atoms with Crippen LogP contribution in [0.3, 0.4) is 0 Å². The van der Waals surface area contributed by atoms with Crippen LogP contribution in [0, 0.1) is 0 Å². The number of benzene rings is 1. The number of hydrogen-bond acceptors (Lipinski definition) is 8.